The predicted octanol–water partition coefficient (Wildman–Crippen LogP) is 2.15. The first-order valence-corrected chi connectivity index (χ1v) is 7.30. The maximum absolute atomic E-state index is 4.43. The molecule has 1 N–H and O–H groups in total. The molecular weight excluding hydrogens is 230 g/mol. The third-order valence-corrected chi connectivity index (χ3v) is 5.02. The summed E-state index contributed by atoms with van der Waals surface area (Å²) in [5.41, 5.74) is 0.320. The molecule has 1 atom stereocenters. The Hall–Kier alpha value is -0.450. The predicted molar refractivity (Wildman–Crippen MR) is 73.6 cm³/mol. The Morgan fingerprint density at radius 1 is 1.47 bits per heavy atom. The minimum absolute atomic E-state index is 0.320. The van der Waals surface area contributed by atoms with Crippen LogP contribution in [-0.4, -0.2) is 42.6 Å². The summed E-state index contributed by atoms with van der Waals surface area (Å²) in [6.07, 6.45) is 8.27. The van der Waals surface area contributed by atoms with Gasteiger partial charge in [-0.2, -0.15) is 0 Å². The van der Waals surface area contributed by atoms with E-state index in [9.17, 15) is 0 Å². The van der Waals surface area contributed by atoms with Crippen molar-refractivity contribution >= 4 is 11.3 Å². The molecule has 17 heavy (non-hydrogen) atoms. The van der Waals surface area contributed by atoms with E-state index in [1.807, 2.05) is 6.20 Å². The molecule has 1 aromatic heterocycles. The number of hydrogen-bond acceptors (Lipinski definition) is 4. The zero-order valence-corrected chi connectivity index (χ0v) is 11.9. The summed E-state index contributed by atoms with van der Waals surface area (Å²) in [7, 11) is 6.52. The first-order chi connectivity index (χ1) is 8.19. The monoisotopic (exact) mass is 253 g/mol. The second-order valence-electron chi connectivity index (χ2n) is 5.18. The van der Waals surface area contributed by atoms with E-state index in [0.717, 1.165) is 6.42 Å². The van der Waals surface area contributed by atoms with Crippen LogP contribution in [0.1, 0.15) is 30.7 Å². The van der Waals surface area contributed by atoms with Gasteiger partial charge in [0.1, 0.15) is 0 Å². The highest BCUT2D eigenvalue weighted by atomic mass is 32.1. The van der Waals surface area contributed by atoms with Crippen LogP contribution in [0.15, 0.2) is 11.6 Å². The molecule has 0 radical (unpaired) electrons. The lowest BCUT2D eigenvalue weighted by atomic mass is 9.85. The Kier molecular flexibility index (Phi) is 4.17. The van der Waals surface area contributed by atoms with Crippen molar-refractivity contribution in [2.24, 2.45) is 0 Å². The molecule has 96 valence electrons. The van der Waals surface area contributed by atoms with Crippen LogP contribution in [0.5, 0.6) is 0 Å². The van der Waals surface area contributed by atoms with E-state index >= 15 is 0 Å². The van der Waals surface area contributed by atoms with Gasteiger partial charge in [-0.3, -0.25) is 0 Å². The van der Waals surface area contributed by atoms with Gasteiger partial charge in [0.25, 0.3) is 0 Å². The molecule has 1 fully saturated rings. The van der Waals surface area contributed by atoms with E-state index in [1.54, 1.807) is 11.3 Å². The Balaban J connectivity index is 2.15. The highest BCUT2D eigenvalue weighted by molar-refractivity contribution is 7.09. The zero-order valence-electron chi connectivity index (χ0n) is 11.1. The number of hydrogen-bond donors (Lipinski definition) is 1. The van der Waals surface area contributed by atoms with Crippen LogP contribution in [0.4, 0.5) is 0 Å². The van der Waals surface area contributed by atoms with Crippen molar-refractivity contribution in [3.05, 3.63) is 16.6 Å². The third kappa shape index (κ3) is 2.54. The Labute approximate surface area is 108 Å². The molecular formula is C13H23N3S. The maximum Gasteiger partial charge on any atom is 0.0941 e. The Morgan fingerprint density at radius 2 is 2.18 bits per heavy atom. The number of nitrogens with zero attached hydrogens (tertiary/aromatic N) is 2. The largest absolute Gasteiger partial charge is 0.315 e. The molecule has 1 saturated carbocycles. The molecule has 0 aliphatic heterocycles. The van der Waals surface area contributed by atoms with Crippen LogP contribution in [0.3, 0.4) is 0 Å². The Bertz CT molecular complexity index is 328. The molecule has 1 heterocycles. The summed E-state index contributed by atoms with van der Waals surface area (Å²) in [6, 6.07) is 0.506. The van der Waals surface area contributed by atoms with E-state index in [2.05, 4.69) is 41.7 Å². The summed E-state index contributed by atoms with van der Waals surface area (Å²) in [4.78, 5) is 6.85. The lowest BCUT2D eigenvalue weighted by Crippen LogP contribution is -2.57. The highest BCUT2D eigenvalue weighted by Gasteiger charge is 2.42. The van der Waals surface area contributed by atoms with Crippen LogP contribution in [-0.2, 0) is 6.42 Å². The number of rotatable bonds is 5. The minimum atomic E-state index is 0.320. The smallest absolute Gasteiger partial charge is 0.0941 e. The molecule has 1 aromatic rings. The highest BCUT2D eigenvalue weighted by Crippen LogP contribution is 2.37. The number of aromatic nitrogens is 1. The average Bonchev–Trinajstić information content (AvgIpc) is 2.97. The Morgan fingerprint density at radius 3 is 2.65 bits per heavy atom. The molecule has 0 saturated heterocycles. The van der Waals surface area contributed by atoms with Gasteiger partial charge < -0.3 is 10.2 Å². The fourth-order valence-electron chi connectivity index (χ4n) is 3.18. The van der Waals surface area contributed by atoms with Gasteiger partial charge in [-0.1, -0.05) is 12.8 Å². The normalized spacial score (nSPS) is 20.9. The number of likely N-dealkylation sites (N-methyl/N-ethyl adjacent to an activating group) is 2. The van der Waals surface area contributed by atoms with Gasteiger partial charge in [0, 0.05) is 29.6 Å². The van der Waals surface area contributed by atoms with Gasteiger partial charge in [-0.25, -0.2) is 4.98 Å². The topological polar surface area (TPSA) is 28.2 Å². The lowest BCUT2D eigenvalue weighted by molar-refractivity contribution is 0.108. The average molecular weight is 253 g/mol. The van der Waals surface area contributed by atoms with Crippen molar-refractivity contribution < 1.29 is 0 Å². The van der Waals surface area contributed by atoms with Crippen LogP contribution in [0, 0.1) is 0 Å². The van der Waals surface area contributed by atoms with Gasteiger partial charge in [0.05, 0.1) is 5.01 Å². The maximum atomic E-state index is 4.43. The fourth-order valence-corrected chi connectivity index (χ4v) is 3.85. The van der Waals surface area contributed by atoms with Crippen LogP contribution in [0.2, 0.25) is 0 Å². The molecule has 3 nitrogen and oxygen atoms in total. The summed E-state index contributed by atoms with van der Waals surface area (Å²) >= 11 is 1.77. The second kappa shape index (κ2) is 5.46. The molecule has 1 aliphatic carbocycles. The van der Waals surface area contributed by atoms with Crippen molar-refractivity contribution in [3.63, 3.8) is 0 Å². The number of nitrogens with one attached hydrogen (secondary N) is 1. The van der Waals surface area contributed by atoms with Crippen molar-refractivity contribution in [3.8, 4) is 0 Å². The first-order valence-electron chi connectivity index (χ1n) is 6.42. The molecule has 0 spiro atoms. The summed E-state index contributed by atoms with van der Waals surface area (Å²) in [5, 5.41) is 6.85. The van der Waals surface area contributed by atoms with E-state index in [1.165, 1.54) is 30.7 Å². The van der Waals surface area contributed by atoms with Gasteiger partial charge in [-0.15, -0.1) is 11.3 Å². The van der Waals surface area contributed by atoms with Gasteiger partial charge >= 0.3 is 0 Å². The molecule has 1 unspecified atom stereocenters. The molecule has 0 bridgehead atoms. The van der Waals surface area contributed by atoms with Crippen molar-refractivity contribution in [2.75, 3.05) is 21.1 Å². The fraction of sp³-hybridized carbons (Fsp3) is 0.769. The van der Waals surface area contributed by atoms with Gasteiger partial charge in [0.15, 0.2) is 0 Å². The van der Waals surface area contributed by atoms with Crippen molar-refractivity contribution in [2.45, 2.75) is 43.7 Å². The molecule has 0 amide bonds. The lowest BCUT2D eigenvalue weighted by Gasteiger charge is -2.43. The molecule has 0 aromatic carbocycles. The zero-order chi connectivity index (χ0) is 12.3. The van der Waals surface area contributed by atoms with E-state index in [0.29, 0.717) is 11.6 Å². The standard InChI is InChI=1S/C13H23N3S/c1-14-11(10-12-15-8-9-17-12)13(16(2)3)6-4-5-7-13/h8-9,11,14H,4-7,10H2,1-3H3. The van der Waals surface area contributed by atoms with E-state index < -0.39 is 0 Å². The SMILES string of the molecule is CNC(Cc1nccs1)C1(N(C)C)CCCC1. The summed E-state index contributed by atoms with van der Waals surface area (Å²) in [6.45, 7) is 0. The van der Waals surface area contributed by atoms with E-state index in [-0.39, 0.29) is 0 Å². The van der Waals surface area contributed by atoms with Crippen LogP contribution < -0.4 is 5.32 Å². The van der Waals surface area contributed by atoms with Gasteiger partial charge in [0.2, 0.25) is 0 Å². The molecule has 2 rings (SSSR count). The van der Waals surface area contributed by atoms with Crippen LogP contribution >= 0.6 is 11.3 Å². The van der Waals surface area contributed by atoms with Gasteiger partial charge in [-0.05, 0) is 34.0 Å². The third-order valence-electron chi connectivity index (χ3n) is 4.22. The summed E-state index contributed by atoms with van der Waals surface area (Å²) < 4.78 is 0. The quantitative estimate of drug-likeness (QED) is 0.871. The summed E-state index contributed by atoms with van der Waals surface area (Å²) in [5.74, 6) is 0. The minimum Gasteiger partial charge on any atom is -0.315 e. The van der Waals surface area contributed by atoms with Crippen molar-refractivity contribution in [1.29, 1.82) is 0 Å². The number of thiazole rings is 1. The first kappa shape index (κ1) is 13.0. The van der Waals surface area contributed by atoms with E-state index in [4.69, 9.17) is 0 Å². The second-order valence-corrected chi connectivity index (χ2v) is 6.16. The molecule has 1 aliphatic rings. The van der Waals surface area contributed by atoms with Crippen molar-refractivity contribution in [1.82, 2.24) is 15.2 Å². The van der Waals surface area contributed by atoms with Crippen LogP contribution in [0.25, 0.3) is 0 Å². The molecule has 4 heteroatoms.